The first-order valence-corrected chi connectivity index (χ1v) is 9.20. The van der Waals surface area contributed by atoms with Crippen LogP contribution in [0.4, 0.5) is 17.6 Å². The maximum absolute atomic E-state index is 13.9. The normalized spacial score (nSPS) is 15.1. The van der Waals surface area contributed by atoms with Crippen LogP contribution in [0.25, 0.3) is 11.1 Å². The number of carbonyl (C=O) groups is 1. The van der Waals surface area contributed by atoms with Gasteiger partial charge in [-0.25, -0.2) is 4.39 Å². The summed E-state index contributed by atoms with van der Waals surface area (Å²) in [6, 6.07) is 8.39. The van der Waals surface area contributed by atoms with Gasteiger partial charge in [0, 0.05) is 13.1 Å². The number of hydrogen-bond acceptors (Lipinski definition) is 2. The third-order valence-corrected chi connectivity index (χ3v) is 5.11. The fourth-order valence-corrected chi connectivity index (χ4v) is 3.61. The number of likely N-dealkylation sites (tertiary alicyclic amines) is 1. The van der Waals surface area contributed by atoms with Crippen LogP contribution in [0.1, 0.15) is 28.8 Å². The molecule has 3 rings (SSSR count). The fourth-order valence-electron chi connectivity index (χ4n) is 3.61. The van der Waals surface area contributed by atoms with Gasteiger partial charge in [-0.05, 0) is 67.7 Å². The molecule has 0 aliphatic carbocycles. The predicted octanol–water partition coefficient (Wildman–Crippen LogP) is 5.00. The van der Waals surface area contributed by atoms with Crippen molar-refractivity contribution in [3.8, 4) is 11.1 Å². The van der Waals surface area contributed by atoms with E-state index in [-0.39, 0.29) is 29.4 Å². The molecule has 1 amide bonds. The Morgan fingerprint density at radius 2 is 1.83 bits per heavy atom. The lowest BCUT2D eigenvalue weighted by Gasteiger charge is -2.32. The average molecular weight is 431 g/mol. The van der Waals surface area contributed by atoms with Crippen molar-refractivity contribution in [1.82, 2.24) is 10.2 Å². The molecule has 0 bridgehead atoms. The lowest BCUT2D eigenvalue weighted by Crippen LogP contribution is -2.40. The largest absolute Gasteiger partial charge is 0.416 e. The molecule has 8 heteroatoms. The summed E-state index contributed by atoms with van der Waals surface area (Å²) in [7, 11) is 1.88. The Bertz CT molecular complexity index is 849. The van der Waals surface area contributed by atoms with E-state index >= 15 is 0 Å². The Morgan fingerprint density at radius 1 is 1.14 bits per heavy atom. The van der Waals surface area contributed by atoms with Gasteiger partial charge in [-0.3, -0.25) is 4.79 Å². The minimum atomic E-state index is -4.49. The number of rotatable bonds is 4. The second-order valence-electron chi connectivity index (χ2n) is 7.06. The number of benzene rings is 2. The van der Waals surface area contributed by atoms with Crippen molar-refractivity contribution in [1.29, 1.82) is 0 Å². The number of halogens is 5. The summed E-state index contributed by atoms with van der Waals surface area (Å²) >= 11 is 0. The number of amides is 1. The zero-order valence-corrected chi connectivity index (χ0v) is 16.7. The highest BCUT2D eigenvalue weighted by atomic mass is 35.5. The van der Waals surface area contributed by atoms with Gasteiger partial charge >= 0.3 is 6.18 Å². The SMILES string of the molecule is CNCC1CCN(C(=O)c2cc(F)ccc2-c2cccc(C(F)(F)F)c2)CC1.Cl. The van der Waals surface area contributed by atoms with Crippen molar-refractivity contribution in [2.75, 3.05) is 26.7 Å². The van der Waals surface area contributed by atoms with Crippen LogP contribution < -0.4 is 5.32 Å². The third-order valence-electron chi connectivity index (χ3n) is 5.11. The monoisotopic (exact) mass is 430 g/mol. The van der Waals surface area contributed by atoms with Crippen LogP contribution in [-0.2, 0) is 6.18 Å². The molecule has 0 atom stereocenters. The van der Waals surface area contributed by atoms with E-state index in [1.807, 2.05) is 7.05 Å². The second-order valence-corrected chi connectivity index (χ2v) is 7.06. The van der Waals surface area contributed by atoms with Crippen LogP contribution in [0.5, 0.6) is 0 Å². The molecule has 0 aromatic heterocycles. The summed E-state index contributed by atoms with van der Waals surface area (Å²) in [6.45, 7) is 1.96. The minimum absolute atomic E-state index is 0. The molecule has 1 N–H and O–H groups in total. The van der Waals surface area contributed by atoms with Crippen molar-refractivity contribution in [2.45, 2.75) is 19.0 Å². The zero-order chi connectivity index (χ0) is 20.3. The van der Waals surface area contributed by atoms with E-state index in [1.165, 1.54) is 18.2 Å². The van der Waals surface area contributed by atoms with Gasteiger partial charge in [0.05, 0.1) is 11.1 Å². The molecule has 1 aliphatic heterocycles. The molecule has 2 aromatic carbocycles. The molecule has 2 aromatic rings. The Balaban J connectivity index is 0.00000300. The van der Waals surface area contributed by atoms with Crippen LogP contribution in [0, 0.1) is 11.7 Å². The van der Waals surface area contributed by atoms with Gasteiger partial charge in [0.1, 0.15) is 5.82 Å². The van der Waals surface area contributed by atoms with Crippen molar-refractivity contribution in [3.63, 3.8) is 0 Å². The number of nitrogens with zero attached hydrogens (tertiary/aromatic N) is 1. The van der Waals surface area contributed by atoms with E-state index in [4.69, 9.17) is 0 Å². The first kappa shape index (κ1) is 23.2. The fraction of sp³-hybridized carbons (Fsp3) is 0.381. The van der Waals surface area contributed by atoms with Gasteiger partial charge in [-0.2, -0.15) is 13.2 Å². The number of hydrogen-bond donors (Lipinski definition) is 1. The molecular weight excluding hydrogens is 408 g/mol. The number of piperidine rings is 1. The molecule has 158 valence electrons. The van der Waals surface area contributed by atoms with Gasteiger partial charge in [0.15, 0.2) is 0 Å². The maximum Gasteiger partial charge on any atom is 0.416 e. The standard InChI is InChI=1S/C21H22F4N2O.ClH/c1-26-13-14-7-9-27(10-8-14)20(28)19-12-17(22)5-6-18(19)15-3-2-4-16(11-15)21(23,24)25;/h2-6,11-12,14,26H,7-10,13H2,1H3;1H. The molecule has 0 spiro atoms. The topological polar surface area (TPSA) is 32.3 Å². The smallest absolute Gasteiger partial charge is 0.339 e. The van der Waals surface area contributed by atoms with Gasteiger partial charge < -0.3 is 10.2 Å². The lowest BCUT2D eigenvalue weighted by molar-refractivity contribution is -0.137. The van der Waals surface area contributed by atoms with E-state index in [0.29, 0.717) is 24.6 Å². The summed E-state index contributed by atoms with van der Waals surface area (Å²) in [4.78, 5) is 14.7. The first-order chi connectivity index (χ1) is 13.3. The van der Waals surface area contributed by atoms with Crippen LogP contribution in [0.15, 0.2) is 42.5 Å². The first-order valence-electron chi connectivity index (χ1n) is 9.20. The van der Waals surface area contributed by atoms with Gasteiger partial charge in [-0.15, -0.1) is 12.4 Å². The van der Waals surface area contributed by atoms with Gasteiger partial charge in [0.25, 0.3) is 5.91 Å². The second kappa shape index (κ2) is 9.59. The van der Waals surface area contributed by atoms with E-state index in [0.717, 1.165) is 43.7 Å². The summed E-state index contributed by atoms with van der Waals surface area (Å²) < 4.78 is 53.0. The van der Waals surface area contributed by atoms with E-state index < -0.39 is 17.6 Å². The minimum Gasteiger partial charge on any atom is -0.339 e. The Morgan fingerprint density at radius 3 is 2.45 bits per heavy atom. The average Bonchev–Trinajstić information content (AvgIpc) is 2.68. The zero-order valence-electron chi connectivity index (χ0n) is 15.9. The highest BCUT2D eigenvalue weighted by Crippen LogP contribution is 2.34. The third kappa shape index (κ3) is 5.48. The van der Waals surface area contributed by atoms with Crippen LogP contribution in [0.3, 0.4) is 0 Å². The summed E-state index contributed by atoms with van der Waals surface area (Å²) in [5.74, 6) is -0.469. The number of carbonyl (C=O) groups excluding carboxylic acids is 1. The molecule has 29 heavy (non-hydrogen) atoms. The van der Waals surface area contributed by atoms with Crippen LogP contribution in [0.2, 0.25) is 0 Å². The molecular formula is C21H23ClF4N2O. The molecule has 1 saturated heterocycles. The number of alkyl halides is 3. The Hall–Kier alpha value is -2.12. The maximum atomic E-state index is 13.9. The van der Waals surface area contributed by atoms with Gasteiger partial charge in [0.2, 0.25) is 0 Å². The van der Waals surface area contributed by atoms with E-state index in [2.05, 4.69) is 5.32 Å². The molecule has 0 unspecified atom stereocenters. The highest BCUT2D eigenvalue weighted by molar-refractivity contribution is 6.01. The number of nitrogens with one attached hydrogen (secondary N) is 1. The molecule has 3 nitrogen and oxygen atoms in total. The molecule has 1 aliphatic rings. The molecule has 1 fully saturated rings. The highest BCUT2D eigenvalue weighted by Gasteiger charge is 2.31. The summed E-state index contributed by atoms with van der Waals surface area (Å²) in [6.07, 6.45) is -2.82. The van der Waals surface area contributed by atoms with Crippen molar-refractivity contribution in [2.24, 2.45) is 5.92 Å². The van der Waals surface area contributed by atoms with E-state index in [1.54, 1.807) is 4.90 Å². The molecule has 0 saturated carbocycles. The molecule has 0 radical (unpaired) electrons. The van der Waals surface area contributed by atoms with Crippen LogP contribution in [-0.4, -0.2) is 37.5 Å². The van der Waals surface area contributed by atoms with Gasteiger partial charge in [-0.1, -0.05) is 18.2 Å². The van der Waals surface area contributed by atoms with Crippen LogP contribution >= 0.6 is 12.4 Å². The Labute approximate surface area is 173 Å². The predicted molar refractivity (Wildman–Crippen MR) is 107 cm³/mol. The lowest BCUT2D eigenvalue weighted by atomic mass is 9.94. The van der Waals surface area contributed by atoms with Crippen molar-refractivity contribution >= 4 is 18.3 Å². The summed E-state index contributed by atoms with van der Waals surface area (Å²) in [5, 5.41) is 3.12. The Kier molecular flexibility index (Phi) is 7.66. The van der Waals surface area contributed by atoms with E-state index in [9.17, 15) is 22.4 Å². The molecule has 1 heterocycles. The summed E-state index contributed by atoms with van der Waals surface area (Å²) in [5.41, 5.74) is -0.176. The van der Waals surface area contributed by atoms with Crippen molar-refractivity contribution in [3.05, 3.63) is 59.4 Å². The van der Waals surface area contributed by atoms with Crippen molar-refractivity contribution < 1.29 is 22.4 Å². The quantitative estimate of drug-likeness (QED) is 0.692.